The third kappa shape index (κ3) is 2.05. The smallest absolute Gasteiger partial charge is 0.152 e. The first-order chi connectivity index (χ1) is 7.85. The fraction of sp³-hybridized carbons (Fsp3) is 0.333. The molecule has 0 radical (unpaired) electrons. The predicted molar refractivity (Wildman–Crippen MR) is 59.6 cm³/mol. The third-order valence-corrected chi connectivity index (χ3v) is 2.64. The minimum Gasteiger partial charge on any atom is -0.378 e. The molecule has 0 N–H and O–H groups in total. The molecule has 1 aliphatic heterocycles. The molecule has 1 aliphatic rings. The van der Waals surface area contributed by atoms with Gasteiger partial charge in [-0.1, -0.05) is 0 Å². The van der Waals surface area contributed by atoms with Gasteiger partial charge in [-0.25, -0.2) is 0 Å². The second kappa shape index (κ2) is 4.77. The molecule has 1 heterocycles. The molecule has 1 aromatic rings. The van der Waals surface area contributed by atoms with Gasteiger partial charge in [-0.2, -0.15) is 5.26 Å². The number of nitriles is 1. The summed E-state index contributed by atoms with van der Waals surface area (Å²) in [4.78, 5) is 13.1. The minimum absolute atomic E-state index is 0.513. The summed E-state index contributed by atoms with van der Waals surface area (Å²) in [5, 5.41) is 8.76. The SMILES string of the molecule is N#Cc1ccc(N2CCOCC2)c(C=O)c1. The zero-order valence-electron chi connectivity index (χ0n) is 8.85. The monoisotopic (exact) mass is 216 g/mol. The van der Waals surface area contributed by atoms with Crippen LogP contribution in [0.4, 0.5) is 5.69 Å². The van der Waals surface area contributed by atoms with Crippen LogP contribution in [0.2, 0.25) is 0 Å². The molecule has 0 unspecified atom stereocenters. The van der Waals surface area contributed by atoms with Crippen molar-refractivity contribution < 1.29 is 9.53 Å². The maximum Gasteiger partial charge on any atom is 0.152 e. The van der Waals surface area contributed by atoms with Crippen LogP contribution < -0.4 is 4.90 Å². The van der Waals surface area contributed by atoms with Crippen LogP contribution in [-0.2, 0) is 4.74 Å². The van der Waals surface area contributed by atoms with Crippen LogP contribution in [0, 0.1) is 11.3 Å². The quantitative estimate of drug-likeness (QED) is 0.697. The number of morpholine rings is 1. The van der Waals surface area contributed by atoms with Crippen molar-refractivity contribution in [2.45, 2.75) is 0 Å². The summed E-state index contributed by atoms with van der Waals surface area (Å²) in [6, 6.07) is 7.21. The van der Waals surface area contributed by atoms with E-state index >= 15 is 0 Å². The van der Waals surface area contributed by atoms with Crippen molar-refractivity contribution in [2.24, 2.45) is 0 Å². The first-order valence-electron chi connectivity index (χ1n) is 5.17. The number of hydrogen-bond acceptors (Lipinski definition) is 4. The number of rotatable bonds is 2. The topological polar surface area (TPSA) is 53.3 Å². The Morgan fingerprint density at radius 3 is 2.75 bits per heavy atom. The van der Waals surface area contributed by atoms with Crippen LogP contribution in [0.1, 0.15) is 15.9 Å². The van der Waals surface area contributed by atoms with Crippen molar-refractivity contribution in [2.75, 3.05) is 31.2 Å². The van der Waals surface area contributed by atoms with Crippen LogP contribution in [0.3, 0.4) is 0 Å². The Morgan fingerprint density at radius 1 is 1.38 bits per heavy atom. The van der Waals surface area contributed by atoms with Crippen molar-refractivity contribution in [1.82, 2.24) is 0 Å². The van der Waals surface area contributed by atoms with E-state index in [1.54, 1.807) is 12.1 Å². The first-order valence-corrected chi connectivity index (χ1v) is 5.17. The molecule has 0 amide bonds. The van der Waals surface area contributed by atoms with E-state index in [0.29, 0.717) is 24.3 Å². The standard InChI is InChI=1S/C12H12N2O2/c13-8-10-1-2-12(11(7-10)9-15)14-3-5-16-6-4-14/h1-2,7,9H,3-6H2. The van der Waals surface area contributed by atoms with Crippen LogP contribution in [0.25, 0.3) is 0 Å². The van der Waals surface area contributed by atoms with Crippen molar-refractivity contribution >= 4 is 12.0 Å². The molecule has 1 aromatic carbocycles. The van der Waals surface area contributed by atoms with Gasteiger partial charge in [-0.15, -0.1) is 0 Å². The maximum absolute atomic E-state index is 11.0. The van der Waals surface area contributed by atoms with E-state index in [2.05, 4.69) is 4.90 Å². The van der Waals surface area contributed by atoms with Gasteiger partial charge in [0.15, 0.2) is 6.29 Å². The van der Waals surface area contributed by atoms with Crippen molar-refractivity contribution in [1.29, 1.82) is 5.26 Å². The molecule has 0 spiro atoms. The molecule has 0 aromatic heterocycles. The van der Waals surface area contributed by atoms with Crippen LogP contribution in [-0.4, -0.2) is 32.6 Å². The van der Waals surface area contributed by atoms with E-state index in [0.717, 1.165) is 25.1 Å². The number of ether oxygens (including phenoxy) is 1. The molecule has 4 nitrogen and oxygen atoms in total. The van der Waals surface area contributed by atoms with E-state index in [4.69, 9.17) is 10.00 Å². The molecule has 0 aliphatic carbocycles. The first kappa shape index (κ1) is 10.7. The fourth-order valence-electron chi connectivity index (χ4n) is 1.81. The largest absolute Gasteiger partial charge is 0.378 e. The molecule has 1 fully saturated rings. The molecule has 16 heavy (non-hydrogen) atoms. The summed E-state index contributed by atoms with van der Waals surface area (Å²) in [7, 11) is 0. The van der Waals surface area contributed by atoms with Gasteiger partial charge in [0.1, 0.15) is 0 Å². The van der Waals surface area contributed by atoms with Gasteiger partial charge in [0.05, 0.1) is 24.8 Å². The van der Waals surface area contributed by atoms with Crippen molar-refractivity contribution in [3.05, 3.63) is 29.3 Å². The number of nitrogens with zero attached hydrogens (tertiary/aromatic N) is 2. The normalized spacial score (nSPS) is 15.6. The highest BCUT2D eigenvalue weighted by atomic mass is 16.5. The summed E-state index contributed by atoms with van der Waals surface area (Å²) >= 11 is 0. The average Bonchev–Trinajstić information content (AvgIpc) is 2.39. The second-order valence-electron chi connectivity index (χ2n) is 3.60. The van der Waals surface area contributed by atoms with Crippen LogP contribution in [0.5, 0.6) is 0 Å². The van der Waals surface area contributed by atoms with E-state index < -0.39 is 0 Å². The lowest BCUT2D eigenvalue weighted by molar-refractivity contribution is 0.111. The second-order valence-corrected chi connectivity index (χ2v) is 3.60. The fourth-order valence-corrected chi connectivity index (χ4v) is 1.81. The number of hydrogen-bond donors (Lipinski definition) is 0. The molecule has 0 bridgehead atoms. The Morgan fingerprint density at radius 2 is 2.12 bits per heavy atom. The van der Waals surface area contributed by atoms with Gasteiger partial charge < -0.3 is 9.64 Å². The predicted octanol–water partition coefficient (Wildman–Crippen LogP) is 1.21. The highest BCUT2D eigenvalue weighted by molar-refractivity contribution is 5.85. The maximum atomic E-state index is 11.0. The summed E-state index contributed by atoms with van der Waals surface area (Å²) in [6.45, 7) is 2.93. The Kier molecular flexibility index (Phi) is 3.18. The van der Waals surface area contributed by atoms with Crippen LogP contribution >= 0.6 is 0 Å². The van der Waals surface area contributed by atoms with E-state index in [1.807, 2.05) is 12.1 Å². The molecule has 1 saturated heterocycles. The number of carbonyl (C=O) groups excluding carboxylic acids is 1. The lowest BCUT2D eigenvalue weighted by Gasteiger charge is -2.29. The highest BCUT2D eigenvalue weighted by Gasteiger charge is 2.14. The van der Waals surface area contributed by atoms with Crippen LogP contribution in [0.15, 0.2) is 18.2 Å². The average molecular weight is 216 g/mol. The summed E-state index contributed by atoms with van der Waals surface area (Å²) in [5.41, 5.74) is 1.97. The lowest BCUT2D eigenvalue weighted by Crippen LogP contribution is -2.36. The molecule has 4 heteroatoms. The van der Waals surface area contributed by atoms with Gasteiger partial charge in [0.25, 0.3) is 0 Å². The number of benzene rings is 1. The van der Waals surface area contributed by atoms with Gasteiger partial charge in [0.2, 0.25) is 0 Å². The zero-order valence-corrected chi connectivity index (χ0v) is 8.85. The lowest BCUT2D eigenvalue weighted by atomic mass is 10.1. The molecular formula is C12H12N2O2. The van der Waals surface area contributed by atoms with Crippen molar-refractivity contribution in [3.63, 3.8) is 0 Å². The number of anilines is 1. The number of aldehydes is 1. The highest BCUT2D eigenvalue weighted by Crippen LogP contribution is 2.21. The van der Waals surface area contributed by atoms with E-state index in [-0.39, 0.29) is 0 Å². The van der Waals surface area contributed by atoms with Gasteiger partial charge >= 0.3 is 0 Å². The van der Waals surface area contributed by atoms with Gasteiger partial charge in [-0.3, -0.25) is 4.79 Å². The number of carbonyl (C=O) groups is 1. The molecule has 2 rings (SSSR count). The van der Waals surface area contributed by atoms with Gasteiger partial charge in [0, 0.05) is 24.3 Å². The zero-order chi connectivity index (χ0) is 11.4. The summed E-state index contributed by atoms with van der Waals surface area (Å²) in [5.74, 6) is 0. The Hall–Kier alpha value is -1.86. The molecular weight excluding hydrogens is 204 g/mol. The van der Waals surface area contributed by atoms with Crippen molar-refractivity contribution in [3.8, 4) is 6.07 Å². The Bertz CT molecular complexity index is 431. The van der Waals surface area contributed by atoms with Gasteiger partial charge in [-0.05, 0) is 18.2 Å². The van der Waals surface area contributed by atoms with E-state index in [9.17, 15) is 4.79 Å². The molecule has 0 atom stereocenters. The Labute approximate surface area is 94.0 Å². The molecule has 82 valence electrons. The Balaban J connectivity index is 2.32. The minimum atomic E-state index is 0.513. The third-order valence-electron chi connectivity index (χ3n) is 2.64. The van der Waals surface area contributed by atoms with E-state index in [1.165, 1.54) is 0 Å². The molecule has 0 saturated carbocycles. The summed E-state index contributed by atoms with van der Waals surface area (Å²) < 4.78 is 5.26. The summed E-state index contributed by atoms with van der Waals surface area (Å²) in [6.07, 6.45) is 0.797.